The molecule has 1 aromatic rings. The van der Waals surface area contributed by atoms with E-state index in [9.17, 15) is 4.79 Å². The molecule has 0 aromatic heterocycles. The third kappa shape index (κ3) is 4.49. The first-order valence-electron chi connectivity index (χ1n) is 6.65. The zero-order valence-electron chi connectivity index (χ0n) is 12.5. The van der Waals surface area contributed by atoms with Gasteiger partial charge in [-0.25, -0.2) is 4.79 Å². The molecule has 20 heavy (non-hydrogen) atoms. The average molecular weight is 343 g/mol. The van der Waals surface area contributed by atoms with Gasteiger partial charge in [0, 0.05) is 23.5 Å². The number of benzene rings is 1. The average Bonchev–Trinajstić information content (AvgIpc) is 2.43. The van der Waals surface area contributed by atoms with Gasteiger partial charge in [-0.3, -0.25) is 0 Å². The minimum Gasteiger partial charge on any atom is -0.394 e. The van der Waals surface area contributed by atoms with E-state index in [0.29, 0.717) is 6.54 Å². The summed E-state index contributed by atoms with van der Waals surface area (Å²) in [5.74, 6) is 0. The molecule has 0 fully saturated rings. The Hall–Kier alpha value is -1.07. The maximum absolute atomic E-state index is 12.0. The zero-order chi connectivity index (χ0) is 15.3. The Balaban J connectivity index is 2.66. The fraction of sp³-hybridized carbons (Fsp3) is 0.533. The van der Waals surface area contributed by atoms with Gasteiger partial charge >= 0.3 is 6.03 Å². The lowest BCUT2D eigenvalue weighted by Crippen LogP contribution is -2.47. The van der Waals surface area contributed by atoms with Crippen LogP contribution in [-0.2, 0) is 5.41 Å². The maximum Gasteiger partial charge on any atom is 0.317 e. The van der Waals surface area contributed by atoms with E-state index in [2.05, 4.69) is 47.2 Å². The lowest BCUT2D eigenvalue weighted by Gasteiger charge is -2.29. The van der Waals surface area contributed by atoms with Gasteiger partial charge in [-0.05, 0) is 24.6 Å². The molecule has 0 aliphatic carbocycles. The SMILES string of the molecule is CC(CO)N(C)C(=O)NCC(C)(C)c1cccc(Br)c1. The first kappa shape index (κ1) is 17.0. The predicted octanol–water partition coefficient (Wildman–Crippen LogP) is 2.75. The third-order valence-corrected chi connectivity index (χ3v) is 4.03. The van der Waals surface area contributed by atoms with Crippen LogP contribution in [0.25, 0.3) is 0 Å². The van der Waals surface area contributed by atoms with Gasteiger partial charge in [-0.2, -0.15) is 0 Å². The quantitative estimate of drug-likeness (QED) is 0.864. The van der Waals surface area contributed by atoms with Gasteiger partial charge in [0.1, 0.15) is 0 Å². The largest absolute Gasteiger partial charge is 0.394 e. The van der Waals surface area contributed by atoms with Gasteiger partial charge in [0.05, 0.1) is 12.6 Å². The molecule has 2 amide bonds. The van der Waals surface area contributed by atoms with Gasteiger partial charge in [0.25, 0.3) is 0 Å². The van der Waals surface area contributed by atoms with Crippen LogP contribution in [0.1, 0.15) is 26.3 Å². The Labute approximate surface area is 129 Å². The van der Waals surface area contributed by atoms with Crippen molar-refractivity contribution < 1.29 is 9.90 Å². The number of amides is 2. The number of carbonyl (C=O) groups is 1. The lowest BCUT2D eigenvalue weighted by atomic mass is 9.85. The number of hydrogen-bond donors (Lipinski definition) is 2. The van der Waals surface area contributed by atoms with Crippen molar-refractivity contribution in [2.24, 2.45) is 0 Å². The summed E-state index contributed by atoms with van der Waals surface area (Å²) in [6, 6.07) is 7.72. The van der Waals surface area contributed by atoms with Crippen molar-refractivity contribution in [3.63, 3.8) is 0 Å². The normalized spacial score (nSPS) is 12.9. The Morgan fingerprint density at radius 1 is 1.50 bits per heavy atom. The highest BCUT2D eigenvalue weighted by Crippen LogP contribution is 2.25. The topological polar surface area (TPSA) is 52.6 Å². The second kappa shape index (κ2) is 7.09. The van der Waals surface area contributed by atoms with Crippen molar-refractivity contribution in [1.29, 1.82) is 0 Å². The van der Waals surface area contributed by atoms with E-state index in [4.69, 9.17) is 5.11 Å². The number of nitrogens with one attached hydrogen (secondary N) is 1. The van der Waals surface area contributed by atoms with E-state index in [0.717, 1.165) is 10.0 Å². The first-order valence-corrected chi connectivity index (χ1v) is 7.45. The van der Waals surface area contributed by atoms with Gasteiger partial charge in [0.15, 0.2) is 0 Å². The van der Waals surface area contributed by atoms with Crippen LogP contribution in [0.2, 0.25) is 0 Å². The Morgan fingerprint density at radius 2 is 2.15 bits per heavy atom. The highest BCUT2D eigenvalue weighted by molar-refractivity contribution is 9.10. The number of rotatable bonds is 5. The molecule has 4 nitrogen and oxygen atoms in total. The van der Waals surface area contributed by atoms with Crippen molar-refractivity contribution >= 4 is 22.0 Å². The molecule has 112 valence electrons. The van der Waals surface area contributed by atoms with Gasteiger partial charge in [0.2, 0.25) is 0 Å². The highest BCUT2D eigenvalue weighted by atomic mass is 79.9. The number of aliphatic hydroxyl groups is 1. The van der Waals surface area contributed by atoms with Crippen molar-refractivity contribution in [3.05, 3.63) is 34.3 Å². The maximum atomic E-state index is 12.0. The summed E-state index contributed by atoms with van der Waals surface area (Å²) in [6.45, 7) is 6.47. The molecule has 0 spiro atoms. The molecule has 0 bridgehead atoms. The molecule has 0 heterocycles. The van der Waals surface area contributed by atoms with E-state index in [1.165, 1.54) is 4.90 Å². The van der Waals surface area contributed by atoms with E-state index in [1.807, 2.05) is 12.1 Å². The summed E-state index contributed by atoms with van der Waals surface area (Å²) in [5, 5.41) is 12.0. The number of carbonyl (C=O) groups excluding carboxylic acids is 1. The molecular formula is C15H23BrN2O2. The standard InChI is InChI=1S/C15H23BrN2O2/c1-11(9-19)18(4)14(20)17-10-15(2,3)12-6-5-7-13(16)8-12/h5-8,11,19H,9-10H2,1-4H3,(H,17,20). The lowest BCUT2D eigenvalue weighted by molar-refractivity contribution is 0.156. The summed E-state index contributed by atoms with van der Waals surface area (Å²) in [5.41, 5.74) is 0.993. The van der Waals surface area contributed by atoms with Gasteiger partial charge in [-0.15, -0.1) is 0 Å². The molecule has 0 aliphatic heterocycles. The predicted molar refractivity (Wildman–Crippen MR) is 84.9 cm³/mol. The van der Waals surface area contributed by atoms with Crippen LogP contribution in [-0.4, -0.2) is 42.3 Å². The molecule has 5 heteroatoms. The Bertz CT molecular complexity index is 463. The van der Waals surface area contributed by atoms with Gasteiger partial charge in [-0.1, -0.05) is 41.9 Å². The summed E-state index contributed by atoms with van der Waals surface area (Å²) in [4.78, 5) is 13.5. The van der Waals surface area contributed by atoms with E-state index < -0.39 is 0 Å². The molecule has 0 radical (unpaired) electrons. The van der Waals surface area contributed by atoms with Crippen LogP contribution in [0.5, 0.6) is 0 Å². The molecule has 2 N–H and O–H groups in total. The zero-order valence-corrected chi connectivity index (χ0v) is 14.1. The highest BCUT2D eigenvalue weighted by Gasteiger charge is 2.23. The van der Waals surface area contributed by atoms with Crippen molar-refractivity contribution in [2.45, 2.75) is 32.2 Å². The van der Waals surface area contributed by atoms with Crippen molar-refractivity contribution in [3.8, 4) is 0 Å². The number of halogens is 1. The number of nitrogens with zero attached hydrogens (tertiary/aromatic N) is 1. The molecule has 1 unspecified atom stereocenters. The minimum atomic E-state index is -0.191. The van der Waals surface area contributed by atoms with Crippen LogP contribution < -0.4 is 5.32 Å². The molecule has 0 aliphatic rings. The number of likely N-dealkylation sites (N-methyl/N-ethyl adjacent to an activating group) is 1. The summed E-state index contributed by atoms with van der Waals surface area (Å²) < 4.78 is 1.03. The molecule has 0 saturated heterocycles. The third-order valence-electron chi connectivity index (χ3n) is 3.53. The van der Waals surface area contributed by atoms with E-state index in [-0.39, 0.29) is 24.1 Å². The fourth-order valence-corrected chi connectivity index (χ4v) is 2.15. The van der Waals surface area contributed by atoms with E-state index in [1.54, 1.807) is 14.0 Å². The Morgan fingerprint density at radius 3 is 2.70 bits per heavy atom. The minimum absolute atomic E-state index is 0.0427. The first-order chi connectivity index (χ1) is 9.27. The van der Waals surface area contributed by atoms with Crippen molar-refractivity contribution in [1.82, 2.24) is 10.2 Å². The number of aliphatic hydroxyl groups excluding tert-OH is 1. The second-order valence-corrected chi connectivity index (χ2v) is 6.61. The monoisotopic (exact) mass is 342 g/mol. The van der Waals surface area contributed by atoms with Crippen molar-refractivity contribution in [2.75, 3.05) is 20.2 Å². The van der Waals surface area contributed by atoms with Gasteiger partial charge < -0.3 is 15.3 Å². The second-order valence-electron chi connectivity index (χ2n) is 5.70. The molecule has 0 saturated carbocycles. The van der Waals surface area contributed by atoms with Crippen LogP contribution in [0, 0.1) is 0 Å². The molecule has 1 rings (SSSR count). The van der Waals surface area contributed by atoms with Crippen LogP contribution >= 0.6 is 15.9 Å². The van der Waals surface area contributed by atoms with Crippen LogP contribution in [0.15, 0.2) is 28.7 Å². The Kier molecular flexibility index (Phi) is 6.02. The smallest absolute Gasteiger partial charge is 0.317 e. The van der Waals surface area contributed by atoms with E-state index >= 15 is 0 Å². The number of urea groups is 1. The summed E-state index contributed by atoms with van der Waals surface area (Å²) in [6.07, 6.45) is 0. The summed E-state index contributed by atoms with van der Waals surface area (Å²) in [7, 11) is 1.68. The molecule has 1 aromatic carbocycles. The molecule has 1 atom stereocenters. The summed E-state index contributed by atoms with van der Waals surface area (Å²) >= 11 is 3.46. The van der Waals surface area contributed by atoms with Crippen LogP contribution in [0.3, 0.4) is 0 Å². The van der Waals surface area contributed by atoms with Crippen LogP contribution in [0.4, 0.5) is 4.79 Å². The fourth-order valence-electron chi connectivity index (χ4n) is 1.76. The molecular weight excluding hydrogens is 320 g/mol. The number of hydrogen-bond acceptors (Lipinski definition) is 2.